The van der Waals surface area contributed by atoms with E-state index in [0.717, 1.165) is 36.7 Å². The minimum absolute atomic E-state index is 0.0473. The van der Waals surface area contributed by atoms with Gasteiger partial charge in [-0.15, -0.1) is 0 Å². The number of fused-ring (bicyclic) bond motifs is 1. The minimum Gasteiger partial charge on any atom is -0.493 e. The molecule has 0 bridgehead atoms. The Morgan fingerprint density at radius 3 is 2.50 bits per heavy atom. The fourth-order valence-electron chi connectivity index (χ4n) is 3.71. The standard InChI is InChI=1S/C23H25NO4/c25-23(18-6-11-21-22(12-18)28-15-27-21)24(19-7-8-19)13-16-4-9-20(10-5-16)26-14-17-2-1-3-17/h4-6,9-12,17,19H,1-3,7-8,13-15H2. The van der Waals surface area contributed by atoms with E-state index in [0.29, 0.717) is 29.6 Å². The van der Waals surface area contributed by atoms with Gasteiger partial charge in [0, 0.05) is 18.2 Å². The lowest BCUT2D eigenvalue weighted by atomic mass is 9.86. The van der Waals surface area contributed by atoms with Crippen LogP contribution in [0.5, 0.6) is 17.2 Å². The molecule has 5 rings (SSSR count). The Kier molecular flexibility index (Phi) is 4.59. The highest BCUT2D eigenvalue weighted by Crippen LogP contribution is 2.35. The van der Waals surface area contributed by atoms with Crippen molar-refractivity contribution in [3.05, 3.63) is 53.6 Å². The number of hydrogen-bond acceptors (Lipinski definition) is 4. The molecule has 2 aromatic carbocycles. The first-order valence-electron chi connectivity index (χ1n) is 10.2. The Bertz CT molecular complexity index is 855. The van der Waals surface area contributed by atoms with Gasteiger partial charge in [0.25, 0.3) is 5.91 Å². The fourth-order valence-corrected chi connectivity index (χ4v) is 3.71. The van der Waals surface area contributed by atoms with Gasteiger partial charge in [-0.1, -0.05) is 18.6 Å². The molecule has 0 saturated heterocycles. The SMILES string of the molecule is O=C(c1ccc2c(c1)OCO2)N(Cc1ccc(OCC2CCC2)cc1)C1CC1. The van der Waals surface area contributed by atoms with Crippen molar-refractivity contribution >= 4 is 5.91 Å². The molecule has 3 aliphatic rings. The molecular weight excluding hydrogens is 354 g/mol. The number of ether oxygens (including phenoxy) is 3. The number of amides is 1. The quantitative estimate of drug-likeness (QED) is 0.715. The highest BCUT2D eigenvalue weighted by atomic mass is 16.7. The Morgan fingerprint density at radius 2 is 1.79 bits per heavy atom. The number of carbonyl (C=O) groups is 1. The zero-order valence-electron chi connectivity index (χ0n) is 15.9. The summed E-state index contributed by atoms with van der Waals surface area (Å²) in [5, 5.41) is 0. The van der Waals surface area contributed by atoms with Crippen LogP contribution in [-0.2, 0) is 6.54 Å². The first-order chi connectivity index (χ1) is 13.8. The van der Waals surface area contributed by atoms with Gasteiger partial charge in [-0.05, 0) is 67.5 Å². The molecule has 1 amide bonds. The highest BCUT2D eigenvalue weighted by Gasteiger charge is 2.33. The maximum Gasteiger partial charge on any atom is 0.254 e. The van der Waals surface area contributed by atoms with Crippen LogP contribution in [0.25, 0.3) is 0 Å². The average Bonchev–Trinajstić information content (AvgIpc) is 3.41. The molecule has 2 aromatic rings. The van der Waals surface area contributed by atoms with Gasteiger partial charge in [0.05, 0.1) is 6.61 Å². The van der Waals surface area contributed by atoms with Crippen molar-refractivity contribution in [3.63, 3.8) is 0 Å². The zero-order chi connectivity index (χ0) is 18.9. The lowest BCUT2D eigenvalue weighted by molar-refractivity contribution is 0.0729. The van der Waals surface area contributed by atoms with Crippen LogP contribution < -0.4 is 14.2 Å². The topological polar surface area (TPSA) is 48.0 Å². The van der Waals surface area contributed by atoms with Crippen molar-refractivity contribution in [1.82, 2.24) is 4.90 Å². The van der Waals surface area contributed by atoms with Crippen LogP contribution >= 0.6 is 0 Å². The van der Waals surface area contributed by atoms with E-state index in [-0.39, 0.29) is 12.7 Å². The van der Waals surface area contributed by atoms with Crippen molar-refractivity contribution in [3.8, 4) is 17.2 Å². The summed E-state index contributed by atoms with van der Waals surface area (Å²) in [6.07, 6.45) is 6.05. The molecule has 5 heteroatoms. The van der Waals surface area contributed by atoms with Crippen LogP contribution in [0, 0.1) is 5.92 Å². The molecule has 0 aromatic heterocycles. The van der Waals surface area contributed by atoms with E-state index in [1.54, 1.807) is 6.07 Å². The third kappa shape index (κ3) is 3.66. The van der Waals surface area contributed by atoms with E-state index in [1.165, 1.54) is 19.3 Å². The largest absolute Gasteiger partial charge is 0.493 e. The van der Waals surface area contributed by atoms with Crippen LogP contribution in [-0.4, -0.2) is 30.2 Å². The summed E-state index contributed by atoms with van der Waals surface area (Å²) in [5.74, 6) is 3.03. The second-order valence-electron chi connectivity index (χ2n) is 7.98. The molecule has 2 aliphatic carbocycles. The van der Waals surface area contributed by atoms with Crippen LogP contribution in [0.1, 0.15) is 48.0 Å². The van der Waals surface area contributed by atoms with Gasteiger partial charge >= 0.3 is 0 Å². The van der Waals surface area contributed by atoms with Crippen molar-refractivity contribution in [2.75, 3.05) is 13.4 Å². The third-order valence-corrected chi connectivity index (χ3v) is 5.85. The number of hydrogen-bond donors (Lipinski definition) is 0. The van der Waals surface area contributed by atoms with E-state index in [1.807, 2.05) is 29.2 Å². The monoisotopic (exact) mass is 379 g/mol. The van der Waals surface area contributed by atoms with Crippen LogP contribution in [0.4, 0.5) is 0 Å². The first-order valence-corrected chi connectivity index (χ1v) is 10.2. The summed E-state index contributed by atoms with van der Waals surface area (Å²) in [4.78, 5) is 15.1. The normalized spacial score (nSPS) is 17.9. The molecule has 0 N–H and O–H groups in total. The van der Waals surface area contributed by atoms with Crippen molar-refractivity contribution in [2.45, 2.75) is 44.7 Å². The van der Waals surface area contributed by atoms with Crippen molar-refractivity contribution in [1.29, 1.82) is 0 Å². The van der Waals surface area contributed by atoms with Crippen molar-refractivity contribution < 1.29 is 19.0 Å². The Labute approximate surface area is 165 Å². The van der Waals surface area contributed by atoms with Gasteiger partial charge in [-0.25, -0.2) is 0 Å². The van der Waals surface area contributed by atoms with Gasteiger partial charge < -0.3 is 19.1 Å². The van der Waals surface area contributed by atoms with Gasteiger partial charge in [-0.3, -0.25) is 4.79 Å². The smallest absolute Gasteiger partial charge is 0.254 e. The molecule has 0 radical (unpaired) electrons. The maximum atomic E-state index is 13.1. The molecule has 2 saturated carbocycles. The molecular formula is C23H25NO4. The third-order valence-electron chi connectivity index (χ3n) is 5.85. The molecule has 28 heavy (non-hydrogen) atoms. The number of benzene rings is 2. The van der Waals surface area contributed by atoms with Gasteiger partial charge in [0.15, 0.2) is 11.5 Å². The van der Waals surface area contributed by atoms with E-state index in [9.17, 15) is 4.79 Å². The van der Waals surface area contributed by atoms with Crippen LogP contribution in [0.3, 0.4) is 0 Å². The predicted molar refractivity (Wildman–Crippen MR) is 105 cm³/mol. The Morgan fingerprint density at radius 1 is 1.00 bits per heavy atom. The maximum absolute atomic E-state index is 13.1. The van der Waals surface area contributed by atoms with E-state index >= 15 is 0 Å². The second kappa shape index (κ2) is 7.38. The van der Waals surface area contributed by atoms with Crippen LogP contribution in [0.2, 0.25) is 0 Å². The molecule has 2 fully saturated rings. The summed E-state index contributed by atoms with van der Waals surface area (Å²) in [7, 11) is 0. The Hall–Kier alpha value is -2.69. The van der Waals surface area contributed by atoms with Gasteiger partial charge in [0.2, 0.25) is 6.79 Å². The van der Waals surface area contributed by atoms with Crippen LogP contribution in [0.15, 0.2) is 42.5 Å². The number of nitrogens with zero attached hydrogens (tertiary/aromatic N) is 1. The summed E-state index contributed by atoms with van der Waals surface area (Å²) in [5.41, 5.74) is 1.77. The Balaban J connectivity index is 1.25. The van der Waals surface area contributed by atoms with E-state index in [4.69, 9.17) is 14.2 Å². The molecule has 5 nitrogen and oxygen atoms in total. The summed E-state index contributed by atoms with van der Waals surface area (Å²) < 4.78 is 16.7. The van der Waals surface area contributed by atoms with Crippen molar-refractivity contribution in [2.24, 2.45) is 5.92 Å². The summed E-state index contributed by atoms with van der Waals surface area (Å²) >= 11 is 0. The predicted octanol–water partition coefficient (Wildman–Crippen LogP) is 4.40. The molecule has 146 valence electrons. The zero-order valence-corrected chi connectivity index (χ0v) is 15.9. The highest BCUT2D eigenvalue weighted by molar-refractivity contribution is 5.95. The fraction of sp³-hybridized carbons (Fsp3) is 0.435. The number of carbonyl (C=O) groups excluding carboxylic acids is 1. The molecule has 1 heterocycles. The van der Waals surface area contributed by atoms with Gasteiger partial charge in [-0.2, -0.15) is 0 Å². The average molecular weight is 379 g/mol. The molecule has 0 spiro atoms. The first kappa shape index (κ1) is 17.4. The molecule has 0 atom stereocenters. The summed E-state index contributed by atoms with van der Waals surface area (Å²) in [6.45, 7) is 1.64. The molecule has 1 aliphatic heterocycles. The second-order valence-corrected chi connectivity index (χ2v) is 7.98. The van der Waals surface area contributed by atoms with E-state index in [2.05, 4.69) is 12.1 Å². The lowest BCUT2D eigenvalue weighted by Gasteiger charge is -2.25. The lowest BCUT2D eigenvalue weighted by Crippen LogP contribution is -2.32. The summed E-state index contributed by atoms with van der Waals surface area (Å²) in [6, 6.07) is 13.9. The number of rotatable bonds is 7. The molecule has 0 unspecified atom stereocenters. The van der Waals surface area contributed by atoms with E-state index < -0.39 is 0 Å². The minimum atomic E-state index is 0.0473. The van der Waals surface area contributed by atoms with Gasteiger partial charge in [0.1, 0.15) is 5.75 Å².